The number of anilines is 1. The molecule has 0 aromatic carbocycles. The lowest BCUT2D eigenvalue weighted by atomic mass is 10.0. The van der Waals surface area contributed by atoms with E-state index in [9.17, 15) is 8.96 Å². The minimum absolute atomic E-state index is 0.0501. The maximum atomic E-state index is 13.3. The lowest BCUT2D eigenvalue weighted by molar-refractivity contribution is -0.0802. The average molecular weight is 312 g/mol. The van der Waals surface area contributed by atoms with Gasteiger partial charge >= 0.3 is 8.69 Å². The van der Waals surface area contributed by atoms with Crippen molar-refractivity contribution in [3.63, 3.8) is 0 Å². The van der Waals surface area contributed by atoms with Crippen molar-refractivity contribution in [3.8, 4) is 0 Å². The van der Waals surface area contributed by atoms with Gasteiger partial charge in [-0.15, -0.1) is 0 Å². The molecule has 2 N–H and O–H groups in total. The molecule has 2 aromatic rings. The number of nitrogens with two attached hydrogens (primary N) is 1. The van der Waals surface area contributed by atoms with Gasteiger partial charge in [0.2, 0.25) is 0 Å². The number of nitrogens with zero attached hydrogens (tertiary/aromatic N) is 3. The first kappa shape index (κ1) is 14.3. The van der Waals surface area contributed by atoms with E-state index in [0.29, 0.717) is 24.2 Å². The Balaban J connectivity index is 1.87. The first-order valence-corrected chi connectivity index (χ1v) is 7.19. The molecule has 3 rings (SSSR count). The van der Waals surface area contributed by atoms with E-state index >= 15 is 0 Å². The number of hydrogen-bond acceptors (Lipinski definition) is 6. The second-order valence-electron chi connectivity index (χ2n) is 5.01. The predicted molar refractivity (Wildman–Crippen MR) is 72.7 cm³/mol. The maximum Gasteiger partial charge on any atom is 0.327 e. The van der Waals surface area contributed by atoms with E-state index in [0.717, 1.165) is 5.69 Å². The standard InChI is InChI=1S/C12H14FN4O3P/c13-5-12(6-19-21-18)4-3-10(20-12)8-1-2-9-11(14)15-7-16-17(8)9/h1-2,7,10H,3-6H2,(H2,14,15,16)/t10-,12-/m1/s1. The number of halogens is 1. The number of rotatable bonds is 5. The molecule has 2 atom stereocenters. The molecule has 21 heavy (non-hydrogen) atoms. The van der Waals surface area contributed by atoms with Gasteiger partial charge in [0.05, 0.1) is 12.3 Å². The molecule has 0 aliphatic carbocycles. The maximum absolute atomic E-state index is 13.3. The fourth-order valence-electron chi connectivity index (χ4n) is 2.63. The molecule has 0 unspecified atom stereocenters. The molecule has 1 aliphatic heterocycles. The van der Waals surface area contributed by atoms with Crippen molar-refractivity contribution in [2.45, 2.75) is 24.5 Å². The zero-order valence-corrected chi connectivity index (χ0v) is 12.0. The summed E-state index contributed by atoms with van der Waals surface area (Å²) >= 11 is 0. The second kappa shape index (κ2) is 5.63. The molecule has 0 spiro atoms. The lowest BCUT2D eigenvalue weighted by Crippen LogP contribution is -2.35. The van der Waals surface area contributed by atoms with Gasteiger partial charge in [0.1, 0.15) is 30.2 Å². The van der Waals surface area contributed by atoms with Gasteiger partial charge < -0.3 is 10.5 Å². The summed E-state index contributed by atoms with van der Waals surface area (Å²) in [5, 5.41) is 4.15. The highest BCUT2D eigenvalue weighted by Gasteiger charge is 2.42. The van der Waals surface area contributed by atoms with Crippen LogP contribution >= 0.6 is 8.69 Å². The Kier molecular flexibility index (Phi) is 3.84. The molecule has 0 bridgehead atoms. The van der Waals surface area contributed by atoms with Gasteiger partial charge in [0.25, 0.3) is 0 Å². The Morgan fingerprint density at radius 3 is 3.24 bits per heavy atom. The van der Waals surface area contributed by atoms with Crippen LogP contribution in [0.5, 0.6) is 0 Å². The molecule has 0 saturated carbocycles. The van der Waals surface area contributed by atoms with Crippen molar-refractivity contribution in [2.75, 3.05) is 19.0 Å². The van der Waals surface area contributed by atoms with Crippen LogP contribution in [0.3, 0.4) is 0 Å². The molecule has 9 heteroatoms. The molecule has 7 nitrogen and oxygen atoms in total. The summed E-state index contributed by atoms with van der Waals surface area (Å²) in [6.45, 7) is -0.745. The number of alkyl halides is 1. The minimum atomic E-state index is -1.05. The van der Waals surface area contributed by atoms with Crippen LogP contribution in [-0.2, 0) is 13.8 Å². The quantitative estimate of drug-likeness (QED) is 0.850. The van der Waals surface area contributed by atoms with Gasteiger partial charge in [0, 0.05) is 0 Å². The van der Waals surface area contributed by atoms with Crippen LogP contribution in [0.4, 0.5) is 10.2 Å². The van der Waals surface area contributed by atoms with Crippen LogP contribution in [0, 0.1) is 0 Å². The smallest absolute Gasteiger partial charge is 0.327 e. The fourth-order valence-corrected chi connectivity index (χ4v) is 2.91. The van der Waals surface area contributed by atoms with E-state index < -0.39 is 21.0 Å². The third-order valence-corrected chi connectivity index (χ3v) is 3.95. The van der Waals surface area contributed by atoms with E-state index in [2.05, 4.69) is 10.1 Å². The van der Waals surface area contributed by atoms with E-state index in [1.165, 1.54) is 6.33 Å². The SMILES string of the molecule is Nc1ncnn2c([C@H]3CC[C@@](CF)(COP=O)O3)ccc12. The predicted octanol–water partition coefficient (Wildman–Crippen LogP) is 2.09. The molecule has 0 radical (unpaired) electrons. The first-order valence-electron chi connectivity index (χ1n) is 6.46. The first-order chi connectivity index (χ1) is 10.2. The van der Waals surface area contributed by atoms with E-state index in [1.807, 2.05) is 6.07 Å². The summed E-state index contributed by atoms with van der Waals surface area (Å²) in [5.41, 5.74) is 6.20. The number of aromatic nitrogens is 3. The summed E-state index contributed by atoms with van der Waals surface area (Å²) in [4.78, 5) is 3.92. The summed E-state index contributed by atoms with van der Waals surface area (Å²) in [6.07, 6.45) is 2.16. The molecular weight excluding hydrogens is 298 g/mol. The lowest BCUT2D eigenvalue weighted by Gasteiger charge is -2.24. The molecule has 3 heterocycles. The minimum Gasteiger partial charge on any atom is -0.382 e. The molecule has 1 saturated heterocycles. The summed E-state index contributed by atoms with van der Waals surface area (Å²) in [7, 11) is -0.478. The van der Waals surface area contributed by atoms with Gasteiger partial charge in [-0.05, 0) is 25.0 Å². The van der Waals surface area contributed by atoms with Crippen LogP contribution in [0.15, 0.2) is 18.5 Å². The number of nitrogen functional groups attached to an aromatic ring is 1. The molecule has 2 aromatic heterocycles. The van der Waals surface area contributed by atoms with Gasteiger partial charge in [-0.3, -0.25) is 4.52 Å². The summed E-state index contributed by atoms with van der Waals surface area (Å²) in [6, 6.07) is 3.64. The van der Waals surface area contributed by atoms with Crippen LogP contribution < -0.4 is 5.73 Å². The van der Waals surface area contributed by atoms with Crippen molar-refractivity contribution < 1.29 is 18.2 Å². The van der Waals surface area contributed by atoms with Crippen LogP contribution in [-0.4, -0.2) is 33.5 Å². The highest BCUT2D eigenvalue weighted by atomic mass is 31.1. The largest absolute Gasteiger partial charge is 0.382 e. The third kappa shape index (κ3) is 2.50. The van der Waals surface area contributed by atoms with Crippen LogP contribution in [0.25, 0.3) is 5.52 Å². The Hall–Kier alpha value is -1.63. The Bertz CT molecular complexity index is 667. The normalized spacial score (nSPS) is 25.9. The summed E-state index contributed by atoms with van der Waals surface area (Å²) < 4.78 is 36.0. The Labute approximate surface area is 121 Å². The van der Waals surface area contributed by atoms with Gasteiger partial charge in [-0.25, -0.2) is 18.5 Å². The second-order valence-corrected chi connectivity index (χ2v) is 5.42. The van der Waals surface area contributed by atoms with Crippen LogP contribution in [0.1, 0.15) is 24.6 Å². The van der Waals surface area contributed by atoms with Crippen molar-refractivity contribution in [3.05, 3.63) is 24.2 Å². The zero-order valence-electron chi connectivity index (χ0n) is 11.1. The van der Waals surface area contributed by atoms with Gasteiger partial charge in [-0.1, -0.05) is 0 Å². The Morgan fingerprint density at radius 2 is 2.48 bits per heavy atom. The fraction of sp³-hybridized carbons (Fsp3) is 0.500. The monoisotopic (exact) mass is 312 g/mol. The highest BCUT2D eigenvalue weighted by Crippen LogP contribution is 2.41. The van der Waals surface area contributed by atoms with Gasteiger partial charge in [0.15, 0.2) is 5.82 Å². The third-order valence-electron chi connectivity index (χ3n) is 3.72. The number of ether oxygens (including phenoxy) is 1. The van der Waals surface area contributed by atoms with Crippen molar-refractivity contribution in [2.24, 2.45) is 0 Å². The molecular formula is C12H14FN4O3P. The van der Waals surface area contributed by atoms with E-state index in [-0.39, 0.29) is 12.7 Å². The zero-order chi connectivity index (χ0) is 14.9. The highest BCUT2D eigenvalue weighted by molar-refractivity contribution is 7.17. The summed E-state index contributed by atoms with van der Waals surface area (Å²) in [5.74, 6) is 0.375. The Morgan fingerprint density at radius 1 is 1.62 bits per heavy atom. The average Bonchev–Trinajstić information content (AvgIpc) is 3.10. The van der Waals surface area contributed by atoms with E-state index in [1.54, 1.807) is 10.6 Å². The van der Waals surface area contributed by atoms with Crippen LogP contribution in [0.2, 0.25) is 0 Å². The van der Waals surface area contributed by atoms with Crippen molar-refractivity contribution >= 4 is 20.0 Å². The number of hydrogen-bond donors (Lipinski definition) is 1. The molecule has 112 valence electrons. The van der Waals surface area contributed by atoms with E-state index in [4.69, 9.17) is 15.0 Å². The molecule has 1 fully saturated rings. The number of fused-ring (bicyclic) bond motifs is 1. The molecule has 0 amide bonds. The van der Waals surface area contributed by atoms with Gasteiger partial charge in [-0.2, -0.15) is 5.10 Å². The topological polar surface area (TPSA) is 91.7 Å². The van der Waals surface area contributed by atoms with Crippen molar-refractivity contribution in [1.82, 2.24) is 14.6 Å². The molecule has 1 aliphatic rings. The van der Waals surface area contributed by atoms with Crippen molar-refractivity contribution in [1.29, 1.82) is 0 Å².